The molecule has 30 nitrogen and oxygen atoms in total. The first-order chi connectivity index (χ1) is 46.2. The van der Waals surface area contributed by atoms with Crippen LogP contribution in [0.4, 0.5) is 0 Å². The van der Waals surface area contributed by atoms with Gasteiger partial charge in [0.05, 0.1) is 51.8 Å². The molecule has 30 heteroatoms. The van der Waals surface area contributed by atoms with Crippen LogP contribution >= 0.6 is 0 Å². The van der Waals surface area contributed by atoms with Crippen molar-refractivity contribution in [3.8, 4) is 0 Å². The van der Waals surface area contributed by atoms with Gasteiger partial charge in [0.15, 0.2) is 31.5 Å². The highest BCUT2D eigenvalue weighted by molar-refractivity contribution is 5.76. The third-order valence-electron chi connectivity index (χ3n) is 18.7. The minimum absolute atomic E-state index is 0.198. The van der Waals surface area contributed by atoms with Crippen LogP contribution in [0.5, 0.6) is 0 Å². The van der Waals surface area contributed by atoms with E-state index in [1.807, 2.05) is 6.08 Å². The fourth-order valence-electron chi connectivity index (χ4n) is 12.9. The Morgan fingerprint density at radius 2 is 0.771 bits per heavy atom. The van der Waals surface area contributed by atoms with Gasteiger partial charge in [-0.25, -0.2) is 0 Å². The van der Waals surface area contributed by atoms with Crippen molar-refractivity contribution in [2.75, 3.05) is 39.6 Å². The van der Waals surface area contributed by atoms with Gasteiger partial charge in [0.2, 0.25) is 11.8 Å². The van der Waals surface area contributed by atoms with Gasteiger partial charge in [-0.15, -0.1) is 0 Å². The van der Waals surface area contributed by atoms with Crippen LogP contribution in [-0.2, 0) is 57.0 Å². The fourth-order valence-corrected chi connectivity index (χ4v) is 12.9. The number of aliphatic hydroxyl groups is 16. The van der Waals surface area contributed by atoms with Gasteiger partial charge in [-0.2, -0.15) is 0 Å². The first kappa shape index (κ1) is 84.3. The normalized spacial score (nSPS) is 36.6. The van der Waals surface area contributed by atoms with Crippen molar-refractivity contribution in [2.45, 2.75) is 353 Å². The Kier molecular flexibility index (Phi) is 40.0. The van der Waals surface area contributed by atoms with E-state index >= 15 is 0 Å². The van der Waals surface area contributed by atoms with Crippen LogP contribution < -0.4 is 10.6 Å². The Morgan fingerprint density at radius 1 is 0.406 bits per heavy atom. The van der Waals surface area contributed by atoms with E-state index in [-0.39, 0.29) is 12.3 Å². The number of carbonyl (C=O) groups excluding carboxylic acids is 2. The van der Waals surface area contributed by atoms with Crippen LogP contribution in [0.2, 0.25) is 0 Å². The molecule has 562 valence electrons. The second-order valence-corrected chi connectivity index (χ2v) is 26.4. The largest absolute Gasteiger partial charge is 0.394 e. The maximum absolute atomic E-state index is 13.4. The molecule has 0 saturated carbocycles. The lowest BCUT2D eigenvalue weighted by atomic mass is 9.94. The predicted molar refractivity (Wildman–Crippen MR) is 340 cm³/mol. The lowest BCUT2D eigenvalue weighted by molar-refractivity contribution is -0.389. The fraction of sp³-hybridized carbons (Fsp3) is 0.939. The number of allylic oxidation sites excluding steroid dienone is 1. The topological polar surface area (TPSA) is 474 Å². The summed E-state index contributed by atoms with van der Waals surface area (Å²) in [5, 5.41) is 181. The maximum Gasteiger partial charge on any atom is 0.220 e. The molecule has 5 fully saturated rings. The average Bonchev–Trinajstić information content (AvgIpc) is 0.783. The second kappa shape index (κ2) is 45.6. The number of carbonyl (C=O) groups is 2. The zero-order valence-electron chi connectivity index (χ0n) is 56.4. The number of rotatable bonds is 46. The van der Waals surface area contributed by atoms with Gasteiger partial charge in [0.1, 0.15) is 122 Å². The molecule has 0 aromatic carbocycles. The Labute approximate surface area is 564 Å². The summed E-state index contributed by atoms with van der Waals surface area (Å²) in [5.74, 6) is -1.14. The summed E-state index contributed by atoms with van der Waals surface area (Å²) in [7, 11) is 0. The maximum atomic E-state index is 13.4. The van der Waals surface area contributed by atoms with Crippen molar-refractivity contribution in [2.24, 2.45) is 0 Å². The van der Waals surface area contributed by atoms with E-state index in [0.717, 1.165) is 51.9 Å². The molecule has 2 amide bonds. The number of amides is 2. The number of hydrogen-bond acceptors (Lipinski definition) is 28. The number of hydrogen-bond donors (Lipinski definition) is 18. The second-order valence-electron chi connectivity index (χ2n) is 26.4. The summed E-state index contributed by atoms with van der Waals surface area (Å²) in [6.45, 7) is 0.320. The standard InChI is InChI=1S/C66H120N2O28/c1-4-6-8-10-12-14-16-18-20-22-24-26-28-30-40(75)39(68-46(76)31-29-27-25-23-21-19-17-15-13-11-9-7-5-2)37-87-63-55(84)52(81)58(44(35-72)91-63)93-65-56(85)53(82)59(45(36-73)92-65)94-66-57(86)61(50(79)43(34-71)90-66)96-62-47(67-38(3)74)60(49(78)42(33-70)88-62)95-64-54(83)51(80)48(77)41(32-69)89-64/h28,30,39-45,47-66,69-73,75,77-86H,4-27,29,31-37H2,1-3H3,(H,67,74)(H,68,76)/b30-28+/t39-,40+,41?,42?,43?,44?,45?,47?,48-,49-,50-,51-,52+,53+,54?,55?,56?,57?,58+,59-,60+,61-,62-,63+,64-,65-,66-/m0/s1. The van der Waals surface area contributed by atoms with Crippen molar-refractivity contribution in [1.82, 2.24) is 10.6 Å². The molecule has 0 spiro atoms. The molecule has 0 aromatic heterocycles. The molecule has 5 aliphatic rings. The smallest absolute Gasteiger partial charge is 0.220 e. The zero-order valence-corrected chi connectivity index (χ0v) is 56.4. The molecule has 5 saturated heterocycles. The van der Waals surface area contributed by atoms with Crippen molar-refractivity contribution < 1.29 is 139 Å². The van der Waals surface area contributed by atoms with Gasteiger partial charge in [-0.3, -0.25) is 9.59 Å². The number of nitrogens with one attached hydrogen (secondary N) is 2. The summed E-state index contributed by atoms with van der Waals surface area (Å²) in [4.78, 5) is 26.1. The van der Waals surface area contributed by atoms with Crippen LogP contribution in [0.1, 0.15) is 188 Å². The van der Waals surface area contributed by atoms with E-state index in [4.69, 9.17) is 47.4 Å². The third kappa shape index (κ3) is 25.9. The molecule has 5 heterocycles. The Morgan fingerprint density at radius 3 is 1.24 bits per heavy atom. The molecule has 5 aliphatic heterocycles. The lowest BCUT2D eigenvalue weighted by Crippen LogP contribution is -2.70. The molecule has 5 rings (SSSR count). The highest BCUT2D eigenvalue weighted by Crippen LogP contribution is 2.36. The summed E-state index contributed by atoms with van der Waals surface area (Å²) in [6, 6.07) is -2.74. The van der Waals surface area contributed by atoms with Crippen molar-refractivity contribution in [1.29, 1.82) is 0 Å². The highest BCUT2D eigenvalue weighted by Gasteiger charge is 2.57. The molecule has 0 aliphatic carbocycles. The van der Waals surface area contributed by atoms with Gasteiger partial charge < -0.3 is 140 Å². The summed E-state index contributed by atoms with van der Waals surface area (Å²) >= 11 is 0. The van der Waals surface area contributed by atoms with E-state index < -0.39 is 211 Å². The van der Waals surface area contributed by atoms with Crippen molar-refractivity contribution >= 4 is 11.8 Å². The van der Waals surface area contributed by atoms with E-state index in [1.165, 1.54) is 103 Å². The Balaban J connectivity index is 1.20. The van der Waals surface area contributed by atoms with Crippen LogP contribution in [0.25, 0.3) is 0 Å². The van der Waals surface area contributed by atoms with Gasteiger partial charge in [0.25, 0.3) is 0 Å². The molecule has 0 radical (unpaired) electrons. The van der Waals surface area contributed by atoms with Gasteiger partial charge in [0, 0.05) is 13.3 Å². The third-order valence-corrected chi connectivity index (χ3v) is 18.7. The van der Waals surface area contributed by atoms with Crippen LogP contribution in [-0.4, -0.2) is 299 Å². The minimum Gasteiger partial charge on any atom is -0.394 e. The Hall–Kier alpha value is -2.36. The quantitative estimate of drug-likeness (QED) is 0.0252. The van der Waals surface area contributed by atoms with Gasteiger partial charge in [-0.05, 0) is 19.3 Å². The number of ether oxygens (including phenoxy) is 10. The van der Waals surface area contributed by atoms with E-state index in [9.17, 15) is 91.3 Å². The van der Waals surface area contributed by atoms with Crippen LogP contribution in [0.15, 0.2) is 12.2 Å². The van der Waals surface area contributed by atoms with E-state index in [1.54, 1.807) is 6.08 Å². The average molecular weight is 1390 g/mol. The molecule has 18 N–H and O–H groups in total. The molecule has 27 atom stereocenters. The number of unbranched alkanes of at least 4 members (excludes halogenated alkanes) is 23. The number of aliphatic hydroxyl groups excluding tert-OH is 16. The highest BCUT2D eigenvalue weighted by atomic mass is 16.8. The van der Waals surface area contributed by atoms with Crippen molar-refractivity contribution in [3.63, 3.8) is 0 Å². The summed E-state index contributed by atoms with van der Waals surface area (Å²) in [5.41, 5.74) is 0. The summed E-state index contributed by atoms with van der Waals surface area (Å²) in [6.07, 6.45) is -14.1. The van der Waals surface area contributed by atoms with Crippen molar-refractivity contribution in [3.05, 3.63) is 12.2 Å². The molecular formula is C66H120N2O28. The molecule has 96 heavy (non-hydrogen) atoms. The minimum atomic E-state index is -2.19. The molecule has 0 aromatic rings. The van der Waals surface area contributed by atoms with Gasteiger partial charge in [-0.1, -0.05) is 167 Å². The zero-order chi connectivity index (χ0) is 70.3. The predicted octanol–water partition coefficient (Wildman–Crippen LogP) is -1.17. The van der Waals surface area contributed by atoms with E-state index in [0.29, 0.717) is 12.8 Å². The van der Waals surface area contributed by atoms with Gasteiger partial charge >= 0.3 is 0 Å². The first-order valence-electron chi connectivity index (χ1n) is 35.5. The molecular weight excluding hydrogens is 1270 g/mol. The van der Waals surface area contributed by atoms with Crippen LogP contribution in [0, 0.1) is 0 Å². The molecule has 10 unspecified atom stereocenters. The Bertz CT molecular complexity index is 2110. The SMILES string of the molecule is CCCCCCCCCCCCC/C=C/[C@@H](O)[C@H](CO[C@@H]1OC(CO)[C@@H](O[C@@H]2OC(CO)[C@H](O[C@@H]3OC(CO)[C@H](O)[C@H](O[C@@H]4OC(CO)[C@H](O)[C@H](O[C@@H]5OC(CO)[C@H](O)[C@H](O)C5O)C4NC(C)=O)C3O)[C@H](O)C2O)[C@H](O)C1O)NC(=O)CCCCCCCCCCCCCCC. The van der Waals surface area contributed by atoms with E-state index in [2.05, 4.69) is 24.5 Å². The molecule has 0 bridgehead atoms. The monoisotopic (exact) mass is 1390 g/mol. The van der Waals surface area contributed by atoms with Crippen LogP contribution in [0.3, 0.4) is 0 Å². The summed E-state index contributed by atoms with van der Waals surface area (Å²) < 4.78 is 58.3. The lowest BCUT2D eigenvalue weighted by Gasteiger charge is -2.50. The first-order valence-corrected chi connectivity index (χ1v) is 35.5.